The van der Waals surface area contributed by atoms with E-state index in [1.165, 1.54) is 23.1 Å². The Bertz CT molecular complexity index is 912. The number of nitrogens with one attached hydrogen (secondary N) is 2. The van der Waals surface area contributed by atoms with Crippen LogP contribution in [0.2, 0.25) is 10.0 Å². The van der Waals surface area contributed by atoms with Crippen LogP contribution in [0.25, 0.3) is 0 Å². The number of thioether (sulfide) groups is 1. The molecule has 9 heteroatoms. The van der Waals surface area contributed by atoms with Crippen molar-refractivity contribution >= 4 is 68.7 Å². The fraction of sp³-hybridized carbons (Fsp3) is 0.118. The number of para-hydroxylation sites is 1. The van der Waals surface area contributed by atoms with Gasteiger partial charge in [-0.05, 0) is 36.8 Å². The van der Waals surface area contributed by atoms with Crippen LogP contribution in [-0.2, 0) is 4.79 Å². The highest BCUT2D eigenvalue weighted by Crippen LogP contribution is 2.31. The minimum Gasteiger partial charge on any atom is -0.330 e. The first kappa shape index (κ1) is 19.0. The van der Waals surface area contributed by atoms with Crippen molar-refractivity contribution in [3.05, 3.63) is 58.1 Å². The summed E-state index contributed by atoms with van der Waals surface area (Å²) in [6.07, 6.45) is 0. The summed E-state index contributed by atoms with van der Waals surface area (Å²) in [5.74, 6) is -0.0333. The molecule has 0 saturated heterocycles. The van der Waals surface area contributed by atoms with Crippen molar-refractivity contribution in [3.8, 4) is 0 Å². The molecule has 26 heavy (non-hydrogen) atoms. The third-order valence-electron chi connectivity index (χ3n) is 3.23. The van der Waals surface area contributed by atoms with Crippen molar-refractivity contribution in [1.82, 2.24) is 10.2 Å². The predicted octanol–water partition coefficient (Wildman–Crippen LogP) is 5.63. The molecule has 0 spiro atoms. The van der Waals surface area contributed by atoms with Gasteiger partial charge < -0.3 is 10.6 Å². The highest BCUT2D eigenvalue weighted by Gasteiger charge is 2.12. The second-order valence-corrected chi connectivity index (χ2v) is 8.32. The van der Waals surface area contributed by atoms with E-state index in [-0.39, 0.29) is 11.7 Å². The standard InChI is InChI=1S/C17H14Cl2N4OS2/c1-10-4-2-5-11(8-10)20-16-22-23-17(26-16)25-9-14(24)21-15-12(18)6-3-7-13(15)19/h2-8H,9H2,1H3,(H,20,22)(H,21,24). The Labute approximate surface area is 169 Å². The van der Waals surface area contributed by atoms with Gasteiger partial charge in [0.1, 0.15) is 0 Å². The zero-order chi connectivity index (χ0) is 18.5. The van der Waals surface area contributed by atoms with E-state index in [2.05, 4.69) is 20.8 Å². The SMILES string of the molecule is Cc1cccc(Nc2nnc(SCC(=O)Nc3c(Cl)cccc3Cl)s2)c1. The molecule has 5 nitrogen and oxygen atoms in total. The summed E-state index contributed by atoms with van der Waals surface area (Å²) in [4.78, 5) is 12.1. The number of aryl methyl sites for hydroxylation is 1. The van der Waals surface area contributed by atoms with Crippen LogP contribution in [0.1, 0.15) is 5.56 Å². The summed E-state index contributed by atoms with van der Waals surface area (Å²) in [6, 6.07) is 13.0. The first-order valence-corrected chi connectivity index (χ1v) is 10.1. The van der Waals surface area contributed by atoms with Crippen LogP contribution in [0.4, 0.5) is 16.5 Å². The summed E-state index contributed by atoms with van der Waals surface area (Å²) in [6.45, 7) is 2.02. The minimum absolute atomic E-state index is 0.181. The third-order valence-corrected chi connectivity index (χ3v) is 5.83. The summed E-state index contributed by atoms with van der Waals surface area (Å²) >= 11 is 14.8. The topological polar surface area (TPSA) is 66.9 Å². The summed E-state index contributed by atoms with van der Waals surface area (Å²) in [5, 5.41) is 15.6. The van der Waals surface area contributed by atoms with E-state index in [4.69, 9.17) is 23.2 Å². The fourth-order valence-corrected chi connectivity index (χ4v) is 4.15. The molecule has 2 aromatic carbocycles. The van der Waals surface area contributed by atoms with Crippen LogP contribution < -0.4 is 10.6 Å². The number of hydrogen-bond donors (Lipinski definition) is 2. The second-order valence-electron chi connectivity index (χ2n) is 5.30. The Morgan fingerprint density at radius 1 is 1.15 bits per heavy atom. The molecule has 0 aliphatic heterocycles. The molecule has 3 aromatic rings. The van der Waals surface area contributed by atoms with E-state index in [1.54, 1.807) is 18.2 Å². The number of carbonyl (C=O) groups excluding carboxylic acids is 1. The summed E-state index contributed by atoms with van der Waals surface area (Å²) in [5.41, 5.74) is 2.52. The van der Waals surface area contributed by atoms with Crippen molar-refractivity contribution in [1.29, 1.82) is 0 Å². The van der Waals surface area contributed by atoms with Crippen LogP contribution in [0, 0.1) is 6.92 Å². The number of anilines is 3. The molecule has 1 heterocycles. The van der Waals surface area contributed by atoms with Gasteiger partial charge in [0, 0.05) is 5.69 Å². The fourth-order valence-electron chi connectivity index (χ4n) is 2.08. The van der Waals surface area contributed by atoms with Crippen LogP contribution in [0.3, 0.4) is 0 Å². The van der Waals surface area contributed by atoms with E-state index in [0.717, 1.165) is 11.3 Å². The molecule has 0 saturated carbocycles. The maximum atomic E-state index is 12.1. The summed E-state index contributed by atoms with van der Waals surface area (Å²) < 4.78 is 0.695. The van der Waals surface area contributed by atoms with Crippen molar-refractivity contribution in [2.45, 2.75) is 11.3 Å². The second kappa shape index (κ2) is 8.73. The lowest BCUT2D eigenvalue weighted by Crippen LogP contribution is -2.14. The molecule has 0 radical (unpaired) electrons. The van der Waals surface area contributed by atoms with Crippen molar-refractivity contribution in [2.24, 2.45) is 0 Å². The van der Waals surface area contributed by atoms with Gasteiger partial charge in [-0.25, -0.2) is 0 Å². The molecular weight excluding hydrogens is 411 g/mol. The van der Waals surface area contributed by atoms with Gasteiger partial charge in [0.2, 0.25) is 11.0 Å². The van der Waals surface area contributed by atoms with Gasteiger partial charge in [0.25, 0.3) is 0 Å². The van der Waals surface area contributed by atoms with E-state index >= 15 is 0 Å². The number of nitrogens with zero attached hydrogens (tertiary/aromatic N) is 2. The Morgan fingerprint density at radius 2 is 1.88 bits per heavy atom. The van der Waals surface area contributed by atoms with Crippen molar-refractivity contribution in [2.75, 3.05) is 16.4 Å². The number of carbonyl (C=O) groups is 1. The first-order chi connectivity index (χ1) is 12.5. The van der Waals surface area contributed by atoms with Gasteiger partial charge >= 0.3 is 0 Å². The monoisotopic (exact) mass is 424 g/mol. The number of hydrogen-bond acceptors (Lipinski definition) is 6. The molecule has 134 valence electrons. The van der Waals surface area contributed by atoms with E-state index < -0.39 is 0 Å². The number of amides is 1. The molecule has 0 fully saturated rings. The number of halogens is 2. The molecule has 3 rings (SSSR count). The molecular formula is C17H14Cl2N4OS2. The maximum Gasteiger partial charge on any atom is 0.234 e. The van der Waals surface area contributed by atoms with Gasteiger partial charge in [-0.15, -0.1) is 10.2 Å². The van der Waals surface area contributed by atoms with Crippen LogP contribution >= 0.6 is 46.3 Å². The quantitative estimate of drug-likeness (QED) is 0.501. The lowest BCUT2D eigenvalue weighted by atomic mass is 10.2. The van der Waals surface area contributed by atoms with Gasteiger partial charge in [0.05, 0.1) is 21.5 Å². The normalized spacial score (nSPS) is 10.6. The smallest absolute Gasteiger partial charge is 0.234 e. The first-order valence-electron chi connectivity index (χ1n) is 7.55. The van der Waals surface area contributed by atoms with E-state index in [0.29, 0.717) is 25.2 Å². The average molecular weight is 425 g/mol. The summed E-state index contributed by atoms with van der Waals surface area (Å²) in [7, 11) is 0. The zero-order valence-corrected chi connectivity index (χ0v) is 16.8. The van der Waals surface area contributed by atoms with E-state index in [1.807, 2.05) is 31.2 Å². The van der Waals surface area contributed by atoms with Gasteiger partial charge in [-0.2, -0.15) is 0 Å². The van der Waals surface area contributed by atoms with Crippen LogP contribution in [-0.4, -0.2) is 21.9 Å². The largest absolute Gasteiger partial charge is 0.330 e. The Morgan fingerprint density at radius 3 is 2.62 bits per heavy atom. The lowest BCUT2D eigenvalue weighted by molar-refractivity contribution is -0.113. The van der Waals surface area contributed by atoms with Crippen LogP contribution in [0.5, 0.6) is 0 Å². The molecule has 1 aromatic heterocycles. The Kier molecular flexibility index (Phi) is 6.37. The molecule has 0 aliphatic carbocycles. The van der Waals surface area contributed by atoms with E-state index in [9.17, 15) is 4.79 Å². The third kappa shape index (κ3) is 5.11. The maximum absolute atomic E-state index is 12.1. The van der Waals surface area contributed by atoms with Crippen molar-refractivity contribution in [3.63, 3.8) is 0 Å². The molecule has 0 unspecified atom stereocenters. The molecule has 0 aliphatic rings. The van der Waals surface area contributed by atoms with Gasteiger partial charge in [-0.1, -0.05) is 64.5 Å². The Hall–Kier alpha value is -1.80. The number of rotatable bonds is 6. The number of benzene rings is 2. The van der Waals surface area contributed by atoms with Gasteiger partial charge in [0.15, 0.2) is 4.34 Å². The van der Waals surface area contributed by atoms with Crippen molar-refractivity contribution < 1.29 is 4.79 Å². The predicted molar refractivity (Wildman–Crippen MR) is 110 cm³/mol. The minimum atomic E-state index is -0.214. The van der Waals surface area contributed by atoms with Gasteiger partial charge in [-0.3, -0.25) is 4.79 Å². The number of aromatic nitrogens is 2. The van der Waals surface area contributed by atoms with Crippen LogP contribution in [0.15, 0.2) is 46.8 Å². The molecule has 2 N–H and O–H groups in total. The molecule has 0 bridgehead atoms. The molecule has 1 amide bonds. The Balaban J connectivity index is 1.55. The molecule has 0 atom stereocenters. The average Bonchev–Trinajstić information content (AvgIpc) is 3.04. The highest BCUT2D eigenvalue weighted by atomic mass is 35.5. The highest BCUT2D eigenvalue weighted by molar-refractivity contribution is 8.01. The lowest BCUT2D eigenvalue weighted by Gasteiger charge is -2.08. The zero-order valence-electron chi connectivity index (χ0n) is 13.6.